The predicted octanol–water partition coefficient (Wildman–Crippen LogP) is 1.31. The Balaban J connectivity index is 1.79. The molecule has 0 unspecified atom stereocenters. The Bertz CT molecular complexity index is 325. The van der Waals surface area contributed by atoms with Crippen molar-refractivity contribution in [3.63, 3.8) is 0 Å². The number of hydrogen-bond acceptors (Lipinski definition) is 3. The van der Waals surface area contributed by atoms with Crippen LogP contribution in [0, 0.1) is 5.92 Å². The normalized spacial score (nSPS) is 30.3. The van der Waals surface area contributed by atoms with E-state index in [1.165, 1.54) is 25.7 Å². The Morgan fingerprint density at radius 1 is 1.17 bits per heavy atom. The lowest BCUT2D eigenvalue weighted by atomic mass is 9.99. The number of aliphatic carboxylic acids is 1. The zero-order valence-corrected chi connectivity index (χ0v) is 10.7. The summed E-state index contributed by atoms with van der Waals surface area (Å²) in [5, 5.41) is 11.8. The molecule has 102 valence electrons. The van der Waals surface area contributed by atoms with Crippen LogP contribution in [0.5, 0.6) is 0 Å². The average molecular weight is 255 g/mol. The Kier molecular flexibility index (Phi) is 4.22. The highest BCUT2D eigenvalue weighted by atomic mass is 16.5. The maximum atomic E-state index is 12.0. The van der Waals surface area contributed by atoms with E-state index in [1.54, 1.807) is 0 Å². The van der Waals surface area contributed by atoms with Gasteiger partial charge in [0.1, 0.15) is 6.10 Å². The van der Waals surface area contributed by atoms with E-state index in [0.717, 1.165) is 0 Å². The number of nitrogens with one attached hydrogen (secondary N) is 1. The molecule has 2 aliphatic rings. The fourth-order valence-electron chi connectivity index (χ4n) is 2.90. The summed E-state index contributed by atoms with van der Waals surface area (Å²) in [6, 6.07) is 0.160. The van der Waals surface area contributed by atoms with Crippen molar-refractivity contribution in [3.8, 4) is 0 Å². The number of carbonyl (C=O) groups excluding carboxylic acids is 1. The molecule has 0 aromatic rings. The summed E-state index contributed by atoms with van der Waals surface area (Å²) in [5.74, 6) is -0.571. The van der Waals surface area contributed by atoms with Gasteiger partial charge >= 0.3 is 5.97 Å². The van der Waals surface area contributed by atoms with Crippen LogP contribution in [-0.2, 0) is 14.3 Å². The van der Waals surface area contributed by atoms with Gasteiger partial charge in [-0.1, -0.05) is 12.8 Å². The third kappa shape index (κ3) is 3.02. The first-order chi connectivity index (χ1) is 8.58. The zero-order valence-electron chi connectivity index (χ0n) is 10.7. The molecule has 3 atom stereocenters. The highest BCUT2D eigenvalue weighted by molar-refractivity contribution is 5.82. The van der Waals surface area contributed by atoms with Gasteiger partial charge in [0.05, 0.1) is 0 Å². The SMILES string of the molecule is C[C@@H](NC(=O)[C@@H]1CC[C@H](C(=O)O)O1)C1CCCC1. The van der Waals surface area contributed by atoms with Crippen LogP contribution in [-0.4, -0.2) is 35.2 Å². The molecule has 1 heterocycles. The summed E-state index contributed by atoms with van der Waals surface area (Å²) >= 11 is 0. The Morgan fingerprint density at radius 2 is 1.78 bits per heavy atom. The topological polar surface area (TPSA) is 75.6 Å². The van der Waals surface area contributed by atoms with E-state index in [1.807, 2.05) is 6.92 Å². The van der Waals surface area contributed by atoms with E-state index in [-0.39, 0.29) is 11.9 Å². The molecule has 2 rings (SSSR count). The smallest absolute Gasteiger partial charge is 0.332 e. The molecule has 2 N–H and O–H groups in total. The number of carboxylic acid groups (broad SMARTS) is 1. The third-order valence-electron chi connectivity index (χ3n) is 4.06. The van der Waals surface area contributed by atoms with Crippen LogP contribution in [0.1, 0.15) is 45.4 Å². The van der Waals surface area contributed by atoms with Crippen LogP contribution in [0.2, 0.25) is 0 Å². The highest BCUT2D eigenvalue weighted by Gasteiger charge is 2.35. The monoisotopic (exact) mass is 255 g/mol. The summed E-state index contributed by atoms with van der Waals surface area (Å²) < 4.78 is 5.24. The van der Waals surface area contributed by atoms with Gasteiger partial charge in [-0.25, -0.2) is 4.79 Å². The molecule has 0 radical (unpaired) electrons. The maximum Gasteiger partial charge on any atom is 0.332 e. The van der Waals surface area contributed by atoms with Gasteiger partial charge in [0.15, 0.2) is 6.10 Å². The molecule has 5 heteroatoms. The average Bonchev–Trinajstić information content (AvgIpc) is 3.00. The third-order valence-corrected chi connectivity index (χ3v) is 4.06. The molecule has 0 aromatic carbocycles. The summed E-state index contributed by atoms with van der Waals surface area (Å²) in [4.78, 5) is 22.7. The predicted molar refractivity (Wildman–Crippen MR) is 65.1 cm³/mol. The minimum Gasteiger partial charge on any atom is -0.479 e. The summed E-state index contributed by atoms with van der Waals surface area (Å²) in [7, 11) is 0. The lowest BCUT2D eigenvalue weighted by Crippen LogP contribution is -2.43. The fourth-order valence-corrected chi connectivity index (χ4v) is 2.90. The van der Waals surface area contributed by atoms with Crippen molar-refractivity contribution in [2.24, 2.45) is 5.92 Å². The lowest BCUT2D eigenvalue weighted by molar-refractivity contribution is -0.152. The number of ether oxygens (including phenoxy) is 1. The molecule has 1 saturated heterocycles. The van der Waals surface area contributed by atoms with Crippen LogP contribution < -0.4 is 5.32 Å². The van der Waals surface area contributed by atoms with E-state index >= 15 is 0 Å². The molecular formula is C13H21NO4. The minimum atomic E-state index is -0.978. The Labute approximate surface area is 107 Å². The molecule has 1 saturated carbocycles. The second kappa shape index (κ2) is 5.69. The molecule has 1 amide bonds. The summed E-state index contributed by atoms with van der Waals surface area (Å²) in [6.07, 6.45) is 4.34. The van der Waals surface area contributed by atoms with Gasteiger partial charge in [-0.3, -0.25) is 4.79 Å². The van der Waals surface area contributed by atoms with Crippen molar-refractivity contribution in [1.82, 2.24) is 5.32 Å². The lowest BCUT2D eigenvalue weighted by Gasteiger charge is -2.22. The molecule has 0 spiro atoms. The van der Waals surface area contributed by atoms with Gasteiger partial charge in [0, 0.05) is 6.04 Å². The second-order valence-corrected chi connectivity index (χ2v) is 5.37. The molecule has 0 aromatic heterocycles. The van der Waals surface area contributed by atoms with Crippen LogP contribution in [0.3, 0.4) is 0 Å². The van der Waals surface area contributed by atoms with Crippen LogP contribution in [0.15, 0.2) is 0 Å². The van der Waals surface area contributed by atoms with Gasteiger partial charge < -0.3 is 15.2 Å². The molecular weight excluding hydrogens is 234 g/mol. The van der Waals surface area contributed by atoms with Gasteiger partial charge in [0.25, 0.3) is 0 Å². The number of carbonyl (C=O) groups is 2. The van der Waals surface area contributed by atoms with Gasteiger partial charge in [0.2, 0.25) is 5.91 Å². The standard InChI is InChI=1S/C13H21NO4/c1-8(9-4-2-3-5-9)14-12(15)10-6-7-11(18-10)13(16)17/h8-11H,2-7H2,1H3,(H,14,15)(H,16,17)/t8-,10+,11-/m1/s1. The van der Waals surface area contributed by atoms with Gasteiger partial charge in [-0.15, -0.1) is 0 Å². The van der Waals surface area contributed by atoms with Crippen molar-refractivity contribution in [2.75, 3.05) is 0 Å². The van der Waals surface area contributed by atoms with E-state index in [2.05, 4.69) is 5.32 Å². The van der Waals surface area contributed by atoms with Gasteiger partial charge in [-0.2, -0.15) is 0 Å². The minimum absolute atomic E-state index is 0.154. The van der Waals surface area contributed by atoms with Crippen LogP contribution in [0.25, 0.3) is 0 Å². The highest BCUT2D eigenvalue weighted by Crippen LogP contribution is 2.28. The quantitative estimate of drug-likeness (QED) is 0.794. The first kappa shape index (κ1) is 13.3. The van der Waals surface area contributed by atoms with E-state index < -0.39 is 18.2 Å². The molecule has 18 heavy (non-hydrogen) atoms. The molecule has 1 aliphatic carbocycles. The van der Waals surface area contributed by atoms with E-state index in [0.29, 0.717) is 18.8 Å². The Hall–Kier alpha value is -1.10. The second-order valence-electron chi connectivity index (χ2n) is 5.37. The zero-order chi connectivity index (χ0) is 13.1. The van der Waals surface area contributed by atoms with Crippen molar-refractivity contribution >= 4 is 11.9 Å². The molecule has 1 aliphatic heterocycles. The van der Waals surface area contributed by atoms with E-state index in [4.69, 9.17) is 9.84 Å². The molecule has 2 fully saturated rings. The first-order valence-corrected chi connectivity index (χ1v) is 6.76. The Morgan fingerprint density at radius 3 is 2.33 bits per heavy atom. The maximum absolute atomic E-state index is 12.0. The van der Waals surface area contributed by atoms with Crippen LogP contribution in [0.4, 0.5) is 0 Å². The fraction of sp³-hybridized carbons (Fsp3) is 0.846. The van der Waals surface area contributed by atoms with E-state index in [9.17, 15) is 9.59 Å². The largest absolute Gasteiger partial charge is 0.479 e. The number of rotatable bonds is 4. The van der Waals surface area contributed by atoms with Crippen molar-refractivity contribution in [3.05, 3.63) is 0 Å². The summed E-state index contributed by atoms with van der Waals surface area (Å²) in [5.41, 5.74) is 0. The molecule has 5 nitrogen and oxygen atoms in total. The number of hydrogen-bond donors (Lipinski definition) is 2. The first-order valence-electron chi connectivity index (χ1n) is 6.76. The summed E-state index contributed by atoms with van der Waals surface area (Å²) in [6.45, 7) is 2.03. The van der Waals surface area contributed by atoms with Gasteiger partial charge in [-0.05, 0) is 38.5 Å². The number of carboxylic acids is 1. The van der Waals surface area contributed by atoms with Crippen LogP contribution >= 0.6 is 0 Å². The van der Waals surface area contributed by atoms with Crippen molar-refractivity contribution in [1.29, 1.82) is 0 Å². The molecule has 0 bridgehead atoms. The number of amides is 1. The van der Waals surface area contributed by atoms with Crippen molar-refractivity contribution in [2.45, 2.75) is 63.7 Å². The van der Waals surface area contributed by atoms with Crippen molar-refractivity contribution < 1.29 is 19.4 Å².